The summed E-state index contributed by atoms with van der Waals surface area (Å²) in [5.74, 6) is 0.959. The fraction of sp³-hybridized carbons (Fsp3) is 0.462. The van der Waals surface area contributed by atoms with Crippen molar-refractivity contribution >= 4 is 11.0 Å². The maximum Gasteiger partial charge on any atom is 0.104 e. The van der Waals surface area contributed by atoms with Gasteiger partial charge in [0, 0.05) is 19.1 Å². The topological polar surface area (TPSA) is 57.9 Å². The van der Waals surface area contributed by atoms with Gasteiger partial charge in [0.25, 0.3) is 0 Å². The zero-order valence-electron chi connectivity index (χ0n) is 10.7. The van der Waals surface area contributed by atoms with Crippen LogP contribution < -0.4 is 5.73 Å². The molecule has 0 bridgehead atoms. The molecule has 1 atom stereocenters. The summed E-state index contributed by atoms with van der Waals surface area (Å²) in [4.78, 5) is 9.88. The number of rotatable bonds is 4. The number of nitrogens with zero attached hydrogens (tertiary/aromatic N) is 2. The Hall–Kier alpha value is -1.39. The van der Waals surface area contributed by atoms with Gasteiger partial charge in [0.05, 0.1) is 11.0 Å². The maximum absolute atomic E-state index is 5.78. The van der Waals surface area contributed by atoms with E-state index in [9.17, 15) is 0 Å². The molecule has 2 rings (SSSR count). The Kier molecular flexibility index (Phi) is 3.45. The number of nitrogens with two attached hydrogens (primary N) is 1. The van der Waals surface area contributed by atoms with Gasteiger partial charge in [-0.1, -0.05) is 6.07 Å². The molecule has 3 N–H and O–H groups in total. The molecule has 1 heterocycles. The lowest BCUT2D eigenvalue weighted by atomic mass is 10.2. The summed E-state index contributed by atoms with van der Waals surface area (Å²) in [5.41, 5.74) is 9.20. The summed E-state index contributed by atoms with van der Waals surface area (Å²) in [6, 6.07) is 6.56. The molecular weight excluding hydrogens is 212 g/mol. The van der Waals surface area contributed by atoms with Crippen LogP contribution in [0.5, 0.6) is 0 Å². The average Bonchev–Trinajstić information content (AvgIpc) is 2.55. The lowest BCUT2D eigenvalue weighted by Crippen LogP contribution is -2.32. The minimum Gasteiger partial charge on any atom is -0.342 e. The Morgan fingerprint density at radius 3 is 2.94 bits per heavy atom. The summed E-state index contributed by atoms with van der Waals surface area (Å²) >= 11 is 0. The predicted molar refractivity (Wildman–Crippen MR) is 70.8 cm³/mol. The second-order valence-electron chi connectivity index (χ2n) is 4.85. The highest BCUT2D eigenvalue weighted by Crippen LogP contribution is 2.14. The molecule has 0 aliphatic rings. The lowest BCUT2D eigenvalue weighted by Gasteiger charge is -2.18. The first-order valence-corrected chi connectivity index (χ1v) is 5.94. The van der Waals surface area contributed by atoms with Crippen molar-refractivity contribution in [3.05, 3.63) is 29.6 Å². The fourth-order valence-electron chi connectivity index (χ4n) is 2.15. The highest BCUT2D eigenvalue weighted by molar-refractivity contribution is 5.75. The summed E-state index contributed by atoms with van der Waals surface area (Å²) in [6.45, 7) is 5.81. The fourth-order valence-corrected chi connectivity index (χ4v) is 2.15. The molecule has 0 saturated heterocycles. The molecule has 2 aromatic rings. The third kappa shape index (κ3) is 3.05. The Bertz CT molecular complexity index is 501. The highest BCUT2D eigenvalue weighted by atomic mass is 15.1. The van der Waals surface area contributed by atoms with Gasteiger partial charge < -0.3 is 15.6 Å². The molecule has 4 nitrogen and oxygen atoms in total. The first kappa shape index (κ1) is 12.1. The van der Waals surface area contributed by atoms with Crippen LogP contribution in [0.15, 0.2) is 18.2 Å². The van der Waals surface area contributed by atoms with Gasteiger partial charge in [-0.3, -0.25) is 0 Å². The van der Waals surface area contributed by atoms with Gasteiger partial charge in [-0.2, -0.15) is 0 Å². The van der Waals surface area contributed by atoms with E-state index >= 15 is 0 Å². The monoisotopic (exact) mass is 232 g/mol. The largest absolute Gasteiger partial charge is 0.342 e. The third-order valence-electron chi connectivity index (χ3n) is 2.72. The van der Waals surface area contributed by atoms with Crippen LogP contribution in [0.25, 0.3) is 11.0 Å². The smallest absolute Gasteiger partial charge is 0.104 e. The van der Waals surface area contributed by atoms with Crippen LogP contribution in [0, 0.1) is 6.92 Å². The van der Waals surface area contributed by atoms with Crippen LogP contribution in [-0.4, -0.2) is 34.5 Å². The van der Waals surface area contributed by atoms with Gasteiger partial charge in [-0.25, -0.2) is 4.98 Å². The van der Waals surface area contributed by atoms with Crippen molar-refractivity contribution in [2.75, 3.05) is 13.6 Å². The van der Waals surface area contributed by atoms with Gasteiger partial charge in [0.1, 0.15) is 5.82 Å². The van der Waals surface area contributed by atoms with Gasteiger partial charge >= 0.3 is 0 Å². The van der Waals surface area contributed by atoms with Crippen LogP contribution in [0.3, 0.4) is 0 Å². The van der Waals surface area contributed by atoms with E-state index in [2.05, 4.69) is 40.1 Å². The first-order chi connectivity index (χ1) is 8.04. The van der Waals surface area contributed by atoms with Crippen molar-refractivity contribution in [2.45, 2.75) is 26.4 Å². The van der Waals surface area contributed by atoms with Crippen LogP contribution in [0.2, 0.25) is 0 Å². The predicted octanol–water partition coefficient (Wildman–Crippen LogP) is 1.65. The SMILES string of the molecule is Cc1nc2ccc(CN(C)CC(C)N)cc2[nH]1. The van der Waals surface area contributed by atoms with Crippen LogP contribution in [0.4, 0.5) is 0 Å². The summed E-state index contributed by atoms with van der Waals surface area (Å²) in [6.07, 6.45) is 0. The lowest BCUT2D eigenvalue weighted by molar-refractivity contribution is 0.310. The number of aromatic amines is 1. The van der Waals surface area contributed by atoms with Crippen molar-refractivity contribution < 1.29 is 0 Å². The Morgan fingerprint density at radius 2 is 2.24 bits per heavy atom. The number of fused-ring (bicyclic) bond motifs is 1. The number of likely N-dealkylation sites (N-methyl/N-ethyl adjacent to an activating group) is 1. The van der Waals surface area contributed by atoms with Crippen LogP contribution >= 0.6 is 0 Å². The number of nitrogens with one attached hydrogen (secondary N) is 1. The molecule has 0 aliphatic heterocycles. The number of benzene rings is 1. The van der Waals surface area contributed by atoms with Gasteiger partial charge in [-0.05, 0) is 38.6 Å². The Balaban J connectivity index is 2.13. The molecule has 0 saturated carbocycles. The van der Waals surface area contributed by atoms with Crippen LogP contribution in [-0.2, 0) is 6.54 Å². The van der Waals surface area contributed by atoms with E-state index in [1.165, 1.54) is 5.56 Å². The number of H-pyrrole nitrogens is 1. The normalized spacial score (nSPS) is 13.5. The zero-order chi connectivity index (χ0) is 12.4. The summed E-state index contributed by atoms with van der Waals surface area (Å²) in [5, 5.41) is 0. The molecule has 0 amide bonds. The molecule has 0 fully saturated rings. The van der Waals surface area contributed by atoms with E-state index in [0.29, 0.717) is 0 Å². The Labute approximate surface area is 102 Å². The van der Waals surface area contributed by atoms with E-state index in [-0.39, 0.29) is 6.04 Å². The van der Waals surface area contributed by atoms with E-state index in [4.69, 9.17) is 5.73 Å². The van der Waals surface area contributed by atoms with E-state index < -0.39 is 0 Å². The van der Waals surface area contributed by atoms with Crippen molar-refractivity contribution in [1.82, 2.24) is 14.9 Å². The highest BCUT2D eigenvalue weighted by Gasteiger charge is 2.05. The van der Waals surface area contributed by atoms with E-state index in [1.807, 2.05) is 13.8 Å². The van der Waals surface area contributed by atoms with Gasteiger partial charge in [0.15, 0.2) is 0 Å². The third-order valence-corrected chi connectivity index (χ3v) is 2.72. The van der Waals surface area contributed by atoms with Crippen molar-refractivity contribution in [3.8, 4) is 0 Å². The van der Waals surface area contributed by atoms with E-state index in [1.54, 1.807) is 0 Å². The number of imidazole rings is 1. The van der Waals surface area contributed by atoms with Gasteiger partial charge in [0.2, 0.25) is 0 Å². The van der Waals surface area contributed by atoms with Gasteiger partial charge in [-0.15, -0.1) is 0 Å². The van der Waals surface area contributed by atoms with Crippen molar-refractivity contribution in [2.24, 2.45) is 5.73 Å². The molecule has 0 radical (unpaired) electrons. The zero-order valence-corrected chi connectivity index (χ0v) is 10.7. The Morgan fingerprint density at radius 1 is 1.47 bits per heavy atom. The number of aryl methyl sites for hydroxylation is 1. The summed E-state index contributed by atoms with van der Waals surface area (Å²) < 4.78 is 0. The quantitative estimate of drug-likeness (QED) is 0.842. The number of aromatic nitrogens is 2. The standard InChI is InChI=1S/C13H20N4/c1-9(14)7-17(3)8-11-4-5-12-13(6-11)16-10(2)15-12/h4-6,9H,7-8,14H2,1-3H3,(H,15,16). The van der Waals surface area contributed by atoms with E-state index in [0.717, 1.165) is 29.9 Å². The van der Waals surface area contributed by atoms with Crippen molar-refractivity contribution in [3.63, 3.8) is 0 Å². The second kappa shape index (κ2) is 4.85. The molecule has 1 aromatic carbocycles. The van der Waals surface area contributed by atoms with Crippen molar-refractivity contribution in [1.29, 1.82) is 0 Å². The maximum atomic E-state index is 5.78. The molecule has 92 valence electrons. The molecular formula is C13H20N4. The number of hydrogen-bond acceptors (Lipinski definition) is 3. The molecule has 17 heavy (non-hydrogen) atoms. The minimum absolute atomic E-state index is 0.207. The second-order valence-corrected chi connectivity index (χ2v) is 4.85. The first-order valence-electron chi connectivity index (χ1n) is 5.94. The minimum atomic E-state index is 0.207. The number of hydrogen-bond donors (Lipinski definition) is 2. The molecule has 1 unspecified atom stereocenters. The molecule has 0 spiro atoms. The average molecular weight is 232 g/mol. The molecule has 1 aromatic heterocycles. The summed E-state index contributed by atoms with van der Waals surface area (Å²) in [7, 11) is 2.09. The molecule has 0 aliphatic carbocycles. The van der Waals surface area contributed by atoms with Crippen LogP contribution in [0.1, 0.15) is 18.3 Å². The molecule has 4 heteroatoms.